The summed E-state index contributed by atoms with van der Waals surface area (Å²) in [5.74, 6) is 1.60. The second-order valence-electron chi connectivity index (χ2n) is 7.03. The Kier molecular flexibility index (Phi) is 6.03. The lowest BCUT2D eigenvalue weighted by atomic mass is 9.95. The second-order valence-corrected chi connectivity index (χ2v) is 8.02. The second kappa shape index (κ2) is 8.86. The Morgan fingerprint density at radius 1 is 1.40 bits per heavy atom. The van der Waals surface area contributed by atoms with Crippen molar-refractivity contribution in [2.45, 2.75) is 24.9 Å². The maximum Gasteiger partial charge on any atom is 0.328 e. The first kappa shape index (κ1) is 20.4. The van der Waals surface area contributed by atoms with Gasteiger partial charge in [0.05, 0.1) is 19.1 Å². The van der Waals surface area contributed by atoms with E-state index >= 15 is 0 Å². The van der Waals surface area contributed by atoms with Crippen LogP contribution in [0.2, 0.25) is 0 Å². The lowest BCUT2D eigenvalue weighted by molar-refractivity contribution is -0.142. The molecule has 0 saturated heterocycles. The first-order valence-electron chi connectivity index (χ1n) is 9.68. The van der Waals surface area contributed by atoms with Gasteiger partial charge in [0.2, 0.25) is 6.79 Å². The van der Waals surface area contributed by atoms with Crippen molar-refractivity contribution in [3.63, 3.8) is 0 Å². The highest BCUT2D eigenvalue weighted by atomic mass is 32.2. The molecule has 30 heavy (non-hydrogen) atoms. The minimum Gasteiger partial charge on any atom is -0.467 e. The van der Waals surface area contributed by atoms with Crippen molar-refractivity contribution in [3.05, 3.63) is 41.5 Å². The highest BCUT2D eigenvalue weighted by Crippen LogP contribution is 2.39. The molecule has 0 bridgehead atoms. The maximum atomic E-state index is 13.2. The summed E-state index contributed by atoms with van der Waals surface area (Å²) >= 11 is 1.61. The van der Waals surface area contributed by atoms with Crippen LogP contribution >= 0.6 is 11.8 Å². The van der Waals surface area contributed by atoms with Crippen molar-refractivity contribution in [1.82, 2.24) is 20.2 Å². The lowest BCUT2D eigenvalue weighted by Gasteiger charge is -2.36. The predicted octanol–water partition coefficient (Wildman–Crippen LogP) is 2.09. The number of nitrogens with one attached hydrogen (secondary N) is 2. The molecule has 2 aromatic rings. The number of aromatic amines is 1. The number of thioether (sulfide) groups is 1. The summed E-state index contributed by atoms with van der Waals surface area (Å²) in [5.41, 5.74) is 2.64. The third-order valence-corrected chi connectivity index (χ3v) is 5.94. The number of imidazole rings is 1. The number of fused-ring (bicyclic) bond motifs is 2. The molecule has 0 fully saturated rings. The van der Waals surface area contributed by atoms with Crippen LogP contribution in [-0.2, 0) is 16.0 Å². The summed E-state index contributed by atoms with van der Waals surface area (Å²) in [6.45, 7) is 0.661. The topological polar surface area (TPSA) is 106 Å². The monoisotopic (exact) mass is 432 g/mol. The predicted molar refractivity (Wildman–Crippen MR) is 111 cm³/mol. The molecule has 0 unspecified atom stereocenters. The number of esters is 1. The number of rotatable bonds is 6. The number of carbonyl (C=O) groups is 2. The van der Waals surface area contributed by atoms with Gasteiger partial charge in [0.15, 0.2) is 11.5 Å². The maximum absolute atomic E-state index is 13.2. The quantitative estimate of drug-likeness (QED) is 0.673. The van der Waals surface area contributed by atoms with Crippen molar-refractivity contribution in [2.75, 3.05) is 32.5 Å². The van der Waals surface area contributed by atoms with Crippen molar-refractivity contribution >= 4 is 23.8 Å². The van der Waals surface area contributed by atoms with Crippen LogP contribution < -0.4 is 14.8 Å². The van der Waals surface area contributed by atoms with E-state index in [0.717, 1.165) is 22.7 Å². The van der Waals surface area contributed by atoms with E-state index in [1.807, 2.05) is 24.5 Å². The number of carbonyl (C=O) groups excluding carboxylic acids is 2. The molecule has 1 aromatic carbocycles. The van der Waals surface area contributed by atoms with Gasteiger partial charge in [-0.25, -0.2) is 14.6 Å². The smallest absolute Gasteiger partial charge is 0.328 e. The lowest BCUT2D eigenvalue weighted by Crippen LogP contribution is -2.51. The van der Waals surface area contributed by atoms with Crippen molar-refractivity contribution in [1.29, 1.82) is 0 Å². The van der Waals surface area contributed by atoms with Crippen molar-refractivity contribution in [3.8, 4) is 11.5 Å². The van der Waals surface area contributed by atoms with Crippen molar-refractivity contribution in [2.24, 2.45) is 0 Å². The summed E-state index contributed by atoms with van der Waals surface area (Å²) in [7, 11) is 1.33. The average Bonchev–Trinajstić information content (AvgIpc) is 3.43. The number of nitrogens with zero attached hydrogens (tertiary/aromatic N) is 2. The van der Waals surface area contributed by atoms with Crippen LogP contribution in [0.25, 0.3) is 0 Å². The Morgan fingerprint density at radius 2 is 2.23 bits per heavy atom. The summed E-state index contributed by atoms with van der Waals surface area (Å²) < 4.78 is 15.8. The van der Waals surface area contributed by atoms with Gasteiger partial charge in [0, 0.05) is 18.7 Å². The SMILES string of the molecule is COC(=O)[C@@H](CCSC)NC(=O)N1CCc2[nH]cnc2[C@@H]1c1ccc2c(c1)OCO2. The summed E-state index contributed by atoms with van der Waals surface area (Å²) in [6, 6.07) is 4.19. The number of hydrogen-bond donors (Lipinski definition) is 2. The number of aromatic nitrogens is 2. The number of ether oxygens (including phenoxy) is 3. The van der Waals surface area contributed by atoms with Crippen LogP contribution in [0.1, 0.15) is 29.4 Å². The van der Waals surface area contributed by atoms with E-state index in [4.69, 9.17) is 14.2 Å². The molecule has 0 saturated carbocycles. The summed E-state index contributed by atoms with van der Waals surface area (Å²) in [5, 5.41) is 2.85. The molecule has 3 heterocycles. The molecule has 0 radical (unpaired) electrons. The number of H-pyrrole nitrogens is 1. The zero-order valence-corrected chi connectivity index (χ0v) is 17.7. The van der Waals surface area contributed by atoms with E-state index in [-0.39, 0.29) is 12.8 Å². The Bertz CT molecular complexity index is 934. The molecule has 0 spiro atoms. The number of methoxy groups -OCH3 is 1. The largest absolute Gasteiger partial charge is 0.467 e. The third-order valence-electron chi connectivity index (χ3n) is 5.29. The molecule has 1 aromatic heterocycles. The number of benzene rings is 1. The zero-order chi connectivity index (χ0) is 21.1. The molecule has 2 amide bonds. The van der Waals surface area contributed by atoms with Gasteiger partial charge in [-0.15, -0.1) is 0 Å². The van der Waals surface area contributed by atoms with E-state index in [1.54, 1.807) is 23.0 Å². The van der Waals surface area contributed by atoms with Gasteiger partial charge < -0.3 is 29.4 Å². The molecule has 160 valence electrons. The fourth-order valence-electron chi connectivity index (χ4n) is 3.78. The minimum atomic E-state index is -0.701. The number of urea groups is 1. The Hall–Kier alpha value is -2.88. The Balaban J connectivity index is 1.62. The van der Waals surface area contributed by atoms with Crippen LogP contribution in [0.5, 0.6) is 11.5 Å². The average molecular weight is 433 g/mol. The summed E-state index contributed by atoms with van der Waals surface area (Å²) in [6.07, 6.45) is 4.74. The highest BCUT2D eigenvalue weighted by Gasteiger charge is 2.36. The zero-order valence-electron chi connectivity index (χ0n) is 16.8. The fraction of sp³-hybridized carbons (Fsp3) is 0.450. The standard InChI is InChI=1S/C20H24N4O5S/c1-27-19(25)14(6-8-30-2)23-20(26)24-7-5-13-17(22-10-21-13)18(24)12-3-4-15-16(9-12)29-11-28-15/h3-4,9-10,14,18H,5-8,11H2,1-2H3,(H,21,22)(H,23,26)/t14-,18+/m1/s1. The number of hydrogen-bond acceptors (Lipinski definition) is 7. The Labute approximate surface area is 178 Å². The van der Waals surface area contributed by atoms with Crippen LogP contribution in [0.3, 0.4) is 0 Å². The molecule has 2 atom stereocenters. The van der Waals surface area contributed by atoms with Gasteiger partial charge in [-0.2, -0.15) is 11.8 Å². The molecule has 2 aliphatic rings. The van der Waals surface area contributed by atoms with Gasteiger partial charge in [0.1, 0.15) is 12.1 Å². The van der Waals surface area contributed by atoms with Crippen LogP contribution in [0.15, 0.2) is 24.5 Å². The molecule has 2 aliphatic heterocycles. The van der Waals surface area contributed by atoms with Gasteiger partial charge in [0.25, 0.3) is 0 Å². The third kappa shape index (κ3) is 3.91. The van der Waals surface area contributed by atoms with E-state index in [1.165, 1.54) is 7.11 Å². The van der Waals surface area contributed by atoms with Crippen LogP contribution in [0, 0.1) is 0 Å². The van der Waals surface area contributed by atoms with Crippen LogP contribution in [0.4, 0.5) is 4.79 Å². The van der Waals surface area contributed by atoms with Gasteiger partial charge >= 0.3 is 12.0 Å². The van der Waals surface area contributed by atoms with Gasteiger partial charge in [-0.05, 0) is 36.1 Å². The minimum absolute atomic E-state index is 0.178. The van der Waals surface area contributed by atoms with E-state index in [0.29, 0.717) is 30.9 Å². The molecule has 2 N–H and O–H groups in total. The van der Waals surface area contributed by atoms with Crippen LogP contribution in [-0.4, -0.2) is 65.4 Å². The highest BCUT2D eigenvalue weighted by molar-refractivity contribution is 7.98. The molecule has 9 nitrogen and oxygen atoms in total. The molecule has 0 aliphatic carbocycles. The first-order valence-corrected chi connectivity index (χ1v) is 11.1. The molecule has 10 heteroatoms. The van der Waals surface area contributed by atoms with Gasteiger partial charge in [-0.1, -0.05) is 6.07 Å². The normalized spacial score (nSPS) is 17.9. The fourth-order valence-corrected chi connectivity index (χ4v) is 4.25. The Morgan fingerprint density at radius 3 is 3.03 bits per heavy atom. The molecular weight excluding hydrogens is 408 g/mol. The van der Waals surface area contributed by atoms with E-state index in [2.05, 4.69) is 15.3 Å². The van der Waals surface area contributed by atoms with E-state index in [9.17, 15) is 9.59 Å². The molecular formula is C20H24N4O5S. The van der Waals surface area contributed by atoms with Gasteiger partial charge in [-0.3, -0.25) is 0 Å². The number of amides is 2. The first-order chi connectivity index (χ1) is 14.6. The van der Waals surface area contributed by atoms with E-state index < -0.39 is 18.1 Å². The molecule has 4 rings (SSSR count). The summed E-state index contributed by atoms with van der Waals surface area (Å²) in [4.78, 5) is 34.8. The van der Waals surface area contributed by atoms with Crippen molar-refractivity contribution < 1.29 is 23.8 Å².